The lowest BCUT2D eigenvalue weighted by atomic mass is 10.1. The van der Waals surface area contributed by atoms with Gasteiger partial charge in [0.2, 0.25) is 0 Å². The zero-order valence-electron chi connectivity index (χ0n) is 15.5. The van der Waals surface area contributed by atoms with Crippen LogP contribution in [0.2, 0.25) is 0 Å². The molecule has 1 heterocycles. The molecule has 1 aliphatic rings. The smallest absolute Gasteiger partial charge is 0.259 e. The Morgan fingerprint density at radius 3 is 2.56 bits per heavy atom. The van der Waals surface area contributed by atoms with Gasteiger partial charge >= 0.3 is 0 Å². The van der Waals surface area contributed by atoms with Gasteiger partial charge in [0.05, 0.1) is 11.7 Å². The SMILES string of the molecule is CC(C)Oc1ccc(Br)cc1C(=O)Nc1cccc(C(=O)N2CCCC2)c1. The predicted molar refractivity (Wildman–Crippen MR) is 109 cm³/mol. The van der Waals surface area contributed by atoms with Crippen LogP contribution in [-0.4, -0.2) is 35.9 Å². The summed E-state index contributed by atoms with van der Waals surface area (Å²) < 4.78 is 6.54. The molecule has 6 heteroatoms. The van der Waals surface area contributed by atoms with Crippen LogP contribution < -0.4 is 10.1 Å². The standard InChI is InChI=1S/C21H23BrN2O3/c1-14(2)27-19-9-8-16(22)13-18(19)20(25)23-17-7-5-6-15(12-17)21(26)24-10-3-4-11-24/h5-9,12-14H,3-4,10-11H2,1-2H3,(H,23,25). The molecule has 0 saturated carbocycles. The van der Waals surface area contributed by atoms with Gasteiger partial charge in [0.1, 0.15) is 5.75 Å². The third-order valence-electron chi connectivity index (χ3n) is 4.31. The fourth-order valence-corrected chi connectivity index (χ4v) is 3.43. The normalized spacial score (nSPS) is 13.7. The van der Waals surface area contributed by atoms with E-state index in [1.54, 1.807) is 36.4 Å². The summed E-state index contributed by atoms with van der Waals surface area (Å²) in [6.07, 6.45) is 2.05. The molecule has 1 aliphatic heterocycles. The summed E-state index contributed by atoms with van der Waals surface area (Å²) in [6, 6.07) is 12.4. The molecular formula is C21H23BrN2O3. The van der Waals surface area contributed by atoms with Crippen LogP contribution in [0, 0.1) is 0 Å². The molecule has 0 unspecified atom stereocenters. The Bertz CT molecular complexity index is 845. The van der Waals surface area contributed by atoms with Crippen LogP contribution >= 0.6 is 15.9 Å². The number of hydrogen-bond donors (Lipinski definition) is 1. The van der Waals surface area contributed by atoms with Crippen molar-refractivity contribution in [3.63, 3.8) is 0 Å². The van der Waals surface area contributed by atoms with E-state index in [1.165, 1.54) is 0 Å². The molecule has 142 valence electrons. The Hall–Kier alpha value is -2.34. The van der Waals surface area contributed by atoms with Crippen molar-refractivity contribution in [1.82, 2.24) is 4.90 Å². The summed E-state index contributed by atoms with van der Waals surface area (Å²) in [6.45, 7) is 5.42. The molecular weight excluding hydrogens is 408 g/mol. The van der Waals surface area contributed by atoms with Crippen LogP contribution in [0.25, 0.3) is 0 Å². The number of rotatable bonds is 5. The van der Waals surface area contributed by atoms with Crippen molar-refractivity contribution < 1.29 is 14.3 Å². The fraction of sp³-hybridized carbons (Fsp3) is 0.333. The van der Waals surface area contributed by atoms with Crippen molar-refractivity contribution >= 4 is 33.4 Å². The molecule has 2 aromatic carbocycles. The number of ether oxygens (including phenoxy) is 1. The fourth-order valence-electron chi connectivity index (χ4n) is 3.07. The molecule has 1 fully saturated rings. The molecule has 3 rings (SSSR count). The summed E-state index contributed by atoms with van der Waals surface area (Å²) in [4.78, 5) is 27.2. The lowest BCUT2D eigenvalue weighted by Crippen LogP contribution is -2.27. The Morgan fingerprint density at radius 2 is 1.85 bits per heavy atom. The minimum absolute atomic E-state index is 0.00915. The average molecular weight is 431 g/mol. The second-order valence-electron chi connectivity index (χ2n) is 6.84. The molecule has 0 bridgehead atoms. The lowest BCUT2D eigenvalue weighted by molar-refractivity contribution is 0.0792. The van der Waals surface area contributed by atoms with Crippen LogP contribution in [0.15, 0.2) is 46.9 Å². The van der Waals surface area contributed by atoms with Crippen molar-refractivity contribution in [2.45, 2.75) is 32.8 Å². The maximum absolute atomic E-state index is 12.8. The van der Waals surface area contributed by atoms with Crippen molar-refractivity contribution in [1.29, 1.82) is 0 Å². The number of benzene rings is 2. The number of carbonyl (C=O) groups excluding carboxylic acids is 2. The molecule has 1 N–H and O–H groups in total. The summed E-state index contributed by atoms with van der Waals surface area (Å²) in [5.41, 5.74) is 1.61. The van der Waals surface area contributed by atoms with Gasteiger partial charge in [0.25, 0.3) is 11.8 Å². The number of hydrogen-bond acceptors (Lipinski definition) is 3. The van der Waals surface area contributed by atoms with Crippen LogP contribution in [0.4, 0.5) is 5.69 Å². The highest BCUT2D eigenvalue weighted by Gasteiger charge is 2.20. The van der Waals surface area contributed by atoms with Crippen LogP contribution in [-0.2, 0) is 0 Å². The third kappa shape index (κ3) is 4.89. The molecule has 0 atom stereocenters. The predicted octanol–water partition coefficient (Wildman–Crippen LogP) is 4.72. The van der Waals surface area contributed by atoms with Crippen LogP contribution in [0.5, 0.6) is 5.75 Å². The van der Waals surface area contributed by atoms with E-state index in [9.17, 15) is 9.59 Å². The highest BCUT2D eigenvalue weighted by molar-refractivity contribution is 9.10. The maximum atomic E-state index is 12.8. The number of carbonyl (C=O) groups is 2. The molecule has 0 spiro atoms. The van der Waals surface area contributed by atoms with E-state index in [4.69, 9.17) is 4.74 Å². The van der Waals surface area contributed by atoms with Crippen molar-refractivity contribution in [3.8, 4) is 5.75 Å². The van der Waals surface area contributed by atoms with Gasteiger partial charge in [0, 0.05) is 28.8 Å². The monoisotopic (exact) mass is 430 g/mol. The zero-order chi connectivity index (χ0) is 19.4. The van der Waals surface area contributed by atoms with E-state index in [-0.39, 0.29) is 17.9 Å². The largest absolute Gasteiger partial charge is 0.490 e. The molecule has 1 saturated heterocycles. The van der Waals surface area contributed by atoms with Gasteiger partial charge < -0.3 is 15.0 Å². The van der Waals surface area contributed by atoms with E-state index in [0.717, 1.165) is 30.4 Å². The van der Waals surface area contributed by atoms with Gasteiger partial charge in [-0.05, 0) is 63.1 Å². The Labute approximate surface area is 167 Å². The van der Waals surface area contributed by atoms with Crippen molar-refractivity contribution in [2.24, 2.45) is 0 Å². The highest BCUT2D eigenvalue weighted by Crippen LogP contribution is 2.26. The van der Waals surface area contributed by atoms with Crippen LogP contribution in [0.3, 0.4) is 0 Å². The topological polar surface area (TPSA) is 58.6 Å². The maximum Gasteiger partial charge on any atom is 0.259 e. The number of nitrogens with zero attached hydrogens (tertiary/aromatic N) is 1. The van der Waals surface area contributed by atoms with Gasteiger partial charge in [-0.3, -0.25) is 9.59 Å². The minimum atomic E-state index is -0.280. The summed E-state index contributed by atoms with van der Waals surface area (Å²) in [5, 5.41) is 2.87. The first-order valence-electron chi connectivity index (χ1n) is 9.11. The van der Waals surface area contributed by atoms with Crippen molar-refractivity contribution in [3.05, 3.63) is 58.1 Å². The van der Waals surface area contributed by atoms with Gasteiger partial charge in [-0.25, -0.2) is 0 Å². The number of halogens is 1. The lowest BCUT2D eigenvalue weighted by Gasteiger charge is -2.16. The molecule has 2 aromatic rings. The van der Waals surface area contributed by atoms with Gasteiger partial charge in [-0.1, -0.05) is 22.0 Å². The molecule has 2 amide bonds. The van der Waals surface area contributed by atoms with E-state index >= 15 is 0 Å². The van der Waals surface area contributed by atoms with Gasteiger partial charge in [0.15, 0.2) is 0 Å². The number of amides is 2. The zero-order valence-corrected chi connectivity index (χ0v) is 17.1. The molecule has 0 aromatic heterocycles. The first kappa shape index (κ1) is 19.4. The van der Waals surface area contributed by atoms with Gasteiger partial charge in [-0.2, -0.15) is 0 Å². The summed E-state index contributed by atoms with van der Waals surface area (Å²) in [7, 11) is 0. The second-order valence-corrected chi connectivity index (χ2v) is 7.76. The average Bonchev–Trinajstić information content (AvgIpc) is 3.17. The molecule has 27 heavy (non-hydrogen) atoms. The van der Waals surface area contributed by atoms with Gasteiger partial charge in [-0.15, -0.1) is 0 Å². The van der Waals surface area contributed by atoms with E-state index < -0.39 is 0 Å². The summed E-state index contributed by atoms with van der Waals surface area (Å²) >= 11 is 3.40. The minimum Gasteiger partial charge on any atom is -0.490 e. The first-order chi connectivity index (χ1) is 12.9. The quantitative estimate of drug-likeness (QED) is 0.745. The number of nitrogens with one attached hydrogen (secondary N) is 1. The Balaban J connectivity index is 1.79. The first-order valence-corrected chi connectivity index (χ1v) is 9.90. The second kappa shape index (κ2) is 8.57. The highest BCUT2D eigenvalue weighted by atomic mass is 79.9. The molecule has 0 aliphatic carbocycles. The van der Waals surface area contributed by atoms with Crippen molar-refractivity contribution in [2.75, 3.05) is 18.4 Å². The number of likely N-dealkylation sites (tertiary alicyclic amines) is 1. The van der Waals surface area contributed by atoms with Crippen LogP contribution in [0.1, 0.15) is 47.4 Å². The Morgan fingerprint density at radius 1 is 1.11 bits per heavy atom. The Kier molecular flexibility index (Phi) is 6.16. The number of anilines is 1. The molecule has 5 nitrogen and oxygen atoms in total. The van der Waals surface area contributed by atoms with E-state index in [0.29, 0.717) is 22.6 Å². The third-order valence-corrected chi connectivity index (χ3v) is 4.80. The van der Waals surface area contributed by atoms with E-state index in [2.05, 4.69) is 21.2 Å². The summed E-state index contributed by atoms with van der Waals surface area (Å²) in [5.74, 6) is 0.252. The molecule has 0 radical (unpaired) electrons. The van der Waals surface area contributed by atoms with E-state index in [1.807, 2.05) is 24.8 Å².